The molecule has 0 aromatic heterocycles. The number of rotatable bonds is 13. The van der Waals surface area contributed by atoms with Crippen LogP contribution in [-0.4, -0.2) is 61.6 Å². The van der Waals surface area contributed by atoms with E-state index in [-0.39, 0.29) is 31.8 Å². The Hall–Kier alpha value is -2.12. The van der Waals surface area contributed by atoms with E-state index < -0.39 is 0 Å². The molecule has 0 fully saturated rings. The molecule has 2 aromatic rings. The topological polar surface area (TPSA) is 88.4 Å². The van der Waals surface area contributed by atoms with Gasteiger partial charge in [0.15, 0.2) is 0 Å². The molecule has 2 aromatic carbocycles. The number of aliphatic hydroxyl groups excluding tert-OH is 3. The second kappa shape index (κ2) is 11.8. The third-order valence-corrected chi connectivity index (χ3v) is 4.82. The van der Waals surface area contributed by atoms with E-state index in [9.17, 15) is 5.11 Å². The highest BCUT2D eigenvalue weighted by atomic mass is 16.5. The van der Waals surface area contributed by atoms with Gasteiger partial charge < -0.3 is 29.5 Å². The molecule has 0 saturated carbocycles. The van der Waals surface area contributed by atoms with Crippen LogP contribution in [0.5, 0.6) is 11.5 Å². The van der Waals surface area contributed by atoms with E-state index in [1.165, 1.54) is 0 Å². The Kier molecular flexibility index (Phi) is 9.41. The molecule has 0 aliphatic heterocycles. The van der Waals surface area contributed by atoms with E-state index in [0.29, 0.717) is 26.2 Å². The van der Waals surface area contributed by atoms with E-state index in [4.69, 9.17) is 24.4 Å². The van der Waals surface area contributed by atoms with Crippen molar-refractivity contribution >= 4 is 0 Å². The Balaban J connectivity index is 2.15. The summed E-state index contributed by atoms with van der Waals surface area (Å²) in [5, 5.41) is 27.1. The zero-order valence-corrected chi connectivity index (χ0v) is 17.3. The first-order valence-corrected chi connectivity index (χ1v) is 9.92. The molecule has 0 amide bonds. The first kappa shape index (κ1) is 23.2. The Morgan fingerprint density at radius 3 is 2.07 bits per heavy atom. The van der Waals surface area contributed by atoms with Crippen LogP contribution in [0.1, 0.15) is 30.5 Å². The van der Waals surface area contributed by atoms with Crippen LogP contribution in [0.15, 0.2) is 42.5 Å². The average Bonchev–Trinajstić information content (AvgIpc) is 2.73. The summed E-state index contributed by atoms with van der Waals surface area (Å²) in [6.07, 6.45) is 0.505. The van der Waals surface area contributed by atoms with Crippen molar-refractivity contribution in [2.24, 2.45) is 0 Å². The van der Waals surface area contributed by atoms with Gasteiger partial charge in [0, 0.05) is 12.0 Å². The summed E-state index contributed by atoms with van der Waals surface area (Å²) in [6, 6.07) is 13.9. The lowest BCUT2D eigenvalue weighted by Crippen LogP contribution is -2.19. The average molecular weight is 405 g/mol. The normalized spacial score (nSPS) is 11.5. The Morgan fingerprint density at radius 1 is 0.724 bits per heavy atom. The maximum absolute atomic E-state index is 9.46. The lowest BCUT2D eigenvalue weighted by Gasteiger charge is -2.27. The van der Waals surface area contributed by atoms with Crippen molar-refractivity contribution in [1.29, 1.82) is 0 Å². The smallest absolute Gasteiger partial charge is 0.122 e. The molecule has 0 aliphatic rings. The lowest BCUT2D eigenvalue weighted by atomic mass is 9.77. The van der Waals surface area contributed by atoms with Gasteiger partial charge in [-0.15, -0.1) is 0 Å². The molecular formula is C23H32O6. The van der Waals surface area contributed by atoms with Crippen LogP contribution >= 0.6 is 0 Å². The second-order valence-electron chi connectivity index (χ2n) is 7.20. The van der Waals surface area contributed by atoms with E-state index in [2.05, 4.69) is 19.9 Å². The first-order valence-electron chi connectivity index (χ1n) is 9.92. The highest BCUT2D eigenvalue weighted by molar-refractivity contribution is 5.45. The Labute approximate surface area is 172 Å². The minimum Gasteiger partial charge on any atom is -0.491 e. The second-order valence-corrected chi connectivity index (χ2v) is 7.20. The highest BCUT2D eigenvalue weighted by Crippen LogP contribution is 2.35. The fourth-order valence-corrected chi connectivity index (χ4v) is 3.10. The third-order valence-electron chi connectivity index (χ3n) is 4.82. The van der Waals surface area contributed by atoms with Crippen LogP contribution in [0.4, 0.5) is 0 Å². The van der Waals surface area contributed by atoms with Crippen molar-refractivity contribution in [2.75, 3.05) is 46.2 Å². The monoisotopic (exact) mass is 404 g/mol. The molecule has 6 heteroatoms. The van der Waals surface area contributed by atoms with Crippen LogP contribution < -0.4 is 9.47 Å². The van der Waals surface area contributed by atoms with Gasteiger partial charge in [0.2, 0.25) is 0 Å². The zero-order chi connectivity index (χ0) is 21.1. The van der Waals surface area contributed by atoms with Crippen LogP contribution in [0.3, 0.4) is 0 Å². The van der Waals surface area contributed by atoms with Crippen molar-refractivity contribution in [2.45, 2.75) is 25.7 Å². The summed E-state index contributed by atoms with van der Waals surface area (Å²) in [5.41, 5.74) is 2.95. The van der Waals surface area contributed by atoms with Crippen molar-refractivity contribution in [3.63, 3.8) is 0 Å². The van der Waals surface area contributed by atoms with Crippen molar-refractivity contribution in [3.8, 4) is 11.5 Å². The van der Waals surface area contributed by atoms with Gasteiger partial charge >= 0.3 is 0 Å². The van der Waals surface area contributed by atoms with E-state index in [1.807, 2.05) is 36.4 Å². The van der Waals surface area contributed by atoms with Gasteiger partial charge in [-0.25, -0.2) is 0 Å². The number of benzene rings is 2. The van der Waals surface area contributed by atoms with Gasteiger partial charge in [-0.2, -0.15) is 0 Å². The fourth-order valence-electron chi connectivity index (χ4n) is 3.10. The summed E-state index contributed by atoms with van der Waals surface area (Å²) in [6.45, 7) is 5.68. The Bertz CT molecular complexity index is 727. The molecule has 0 bridgehead atoms. The van der Waals surface area contributed by atoms with Crippen molar-refractivity contribution in [1.82, 2.24) is 0 Å². The number of ether oxygens (including phenoxy) is 3. The predicted molar refractivity (Wildman–Crippen MR) is 112 cm³/mol. The molecule has 6 nitrogen and oxygen atoms in total. The quantitative estimate of drug-likeness (QED) is 0.444. The van der Waals surface area contributed by atoms with Gasteiger partial charge in [-0.3, -0.25) is 0 Å². The summed E-state index contributed by atoms with van der Waals surface area (Å²) in [7, 11) is 0. The Morgan fingerprint density at radius 2 is 1.41 bits per heavy atom. The van der Waals surface area contributed by atoms with Gasteiger partial charge in [0.05, 0.1) is 26.4 Å². The SMILES string of the molecule is CC(C)(c1ccc(OCCO)cc1)c1ccc(OCCOCCO)c(CCO)c1. The molecule has 2 rings (SSSR count). The molecule has 3 N–H and O–H groups in total. The molecule has 0 atom stereocenters. The number of aliphatic hydroxyl groups is 3. The first-order chi connectivity index (χ1) is 14.0. The molecular weight excluding hydrogens is 372 g/mol. The third kappa shape index (κ3) is 6.72. The van der Waals surface area contributed by atoms with E-state index >= 15 is 0 Å². The van der Waals surface area contributed by atoms with Gasteiger partial charge in [0.1, 0.15) is 24.7 Å². The minimum absolute atomic E-state index is 0.00587. The predicted octanol–water partition coefficient (Wildman–Crippen LogP) is 2.31. The molecule has 29 heavy (non-hydrogen) atoms. The van der Waals surface area contributed by atoms with E-state index in [1.54, 1.807) is 0 Å². The highest BCUT2D eigenvalue weighted by Gasteiger charge is 2.24. The van der Waals surface area contributed by atoms with Crippen LogP contribution in [0.2, 0.25) is 0 Å². The molecule has 0 radical (unpaired) electrons. The molecule has 0 spiro atoms. The van der Waals surface area contributed by atoms with Gasteiger partial charge in [0.25, 0.3) is 0 Å². The minimum atomic E-state index is -0.248. The summed E-state index contributed by atoms with van der Waals surface area (Å²) >= 11 is 0. The molecule has 0 saturated heterocycles. The summed E-state index contributed by atoms with van der Waals surface area (Å²) in [5.74, 6) is 1.46. The van der Waals surface area contributed by atoms with Crippen molar-refractivity contribution in [3.05, 3.63) is 59.2 Å². The van der Waals surface area contributed by atoms with Crippen LogP contribution in [0.25, 0.3) is 0 Å². The summed E-state index contributed by atoms with van der Waals surface area (Å²) in [4.78, 5) is 0. The molecule has 160 valence electrons. The van der Waals surface area contributed by atoms with Gasteiger partial charge in [-0.05, 0) is 41.3 Å². The molecule has 0 unspecified atom stereocenters. The standard InChI is InChI=1S/C23H32O6/c1-23(2,19-3-6-21(7-4-19)28-14-12-26)20-5-8-22(18(17-20)9-10-24)29-16-15-27-13-11-25/h3-8,17,24-26H,9-16H2,1-2H3. The van der Waals surface area contributed by atoms with Crippen LogP contribution in [0, 0.1) is 0 Å². The van der Waals surface area contributed by atoms with Crippen LogP contribution in [-0.2, 0) is 16.6 Å². The molecule has 0 heterocycles. The largest absolute Gasteiger partial charge is 0.491 e. The molecule has 0 aliphatic carbocycles. The fraction of sp³-hybridized carbons (Fsp3) is 0.478. The zero-order valence-electron chi connectivity index (χ0n) is 17.3. The number of hydrogen-bond donors (Lipinski definition) is 3. The van der Waals surface area contributed by atoms with E-state index in [0.717, 1.165) is 28.2 Å². The maximum atomic E-state index is 9.46. The summed E-state index contributed by atoms with van der Waals surface area (Å²) < 4.78 is 16.5. The number of hydrogen-bond acceptors (Lipinski definition) is 6. The maximum Gasteiger partial charge on any atom is 0.122 e. The van der Waals surface area contributed by atoms with Crippen molar-refractivity contribution < 1.29 is 29.5 Å². The lowest BCUT2D eigenvalue weighted by molar-refractivity contribution is 0.0702. The van der Waals surface area contributed by atoms with Gasteiger partial charge in [-0.1, -0.05) is 38.1 Å².